The summed E-state index contributed by atoms with van der Waals surface area (Å²) in [4.78, 5) is 23.9. The van der Waals surface area contributed by atoms with E-state index in [2.05, 4.69) is 15.5 Å². The molecule has 7 heteroatoms. The number of aromatic nitrogens is 2. The van der Waals surface area contributed by atoms with E-state index in [1.807, 2.05) is 0 Å². The van der Waals surface area contributed by atoms with Crippen LogP contribution in [0.2, 0.25) is 0 Å². The average Bonchev–Trinajstić information content (AvgIpc) is 2.77. The van der Waals surface area contributed by atoms with Gasteiger partial charge < -0.3 is 5.32 Å². The molecule has 1 saturated carbocycles. The molecular weight excluding hydrogens is 264 g/mol. The van der Waals surface area contributed by atoms with E-state index in [9.17, 15) is 9.59 Å². The molecule has 1 N–H and O–H groups in total. The lowest BCUT2D eigenvalue weighted by molar-refractivity contribution is -0.124. The van der Waals surface area contributed by atoms with Crippen LogP contribution < -0.4 is 10.2 Å². The summed E-state index contributed by atoms with van der Waals surface area (Å²) < 4.78 is 0. The van der Waals surface area contributed by atoms with Crippen molar-refractivity contribution in [2.45, 2.75) is 52.0 Å². The zero-order chi connectivity index (χ0) is 13.8. The molecule has 1 heterocycles. The fourth-order valence-electron chi connectivity index (χ4n) is 2.28. The third-order valence-corrected chi connectivity index (χ3v) is 4.01. The van der Waals surface area contributed by atoms with E-state index in [0.29, 0.717) is 16.3 Å². The minimum atomic E-state index is -0.340. The third kappa shape index (κ3) is 3.50. The van der Waals surface area contributed by atoms with Gasteiger partial charge in [-0.2, -0.15) is 0 Å². The Morgan fingerprint density at radius 2 is 1.79 bits per heavy atom. The first-order valence-electron chi connectivity index (χ1n) is 6.49. The maximum Gasteiger partial charge on any atom is 0.232 e. The van der Waals surface area contributed by atoms with Gasteiger partial charge in [0.1, 0.15) is 0 Å². The number of hydrogen-bond donors (Lipinski definition) is 1. The van der Waals surface area contributed by atoms with E-state index in [1.165, 1.54) is 44.4 Å². The van der Waals surface area contributed by atoms with Gasteiger partial charge in [0.15, 0.2) is 0 Å². The first kappa shape index (κ1) is 13.9. The van der Waals surface area contributed by atoms with Crippen molar-refractivity contribution in [3.05, 3.63) is 0 Å². The van der Waals surface area contributed by atoms with Crippen molar-refractivity contribution in [1.82, 2.24) is 10.2 Å². The molecule has 2 rings (SSSR count). The largest absolute Gasteiger partial charge is 0.357 e. The molecule has 1 aliphatic carbocycles. The summed E-state index contributed by atoms with van der Waals surface area (Å²) in [7, 11) is 0. The minimum absolute atomic E-state index is 0.332. The number of nitrogens with zero attached hydrogens (tertiary/aromatic N) is 3. The number of hydrogen-bond acceptors (Lipinski definition) is 6. The lowest BCUT2D eigenvalue weighted by Gasteiger charge is -2.21. The molecule has 2 amide bonds. The van der Waals surface area contributed by atoms with Crippen molar-refractivity contribution in [2.24, 2.45) is 0 Å². The fourth-order valence-corrected chi connectivity index (χ4v) is 3.19. The van der Waals surface area contributed by atoms with Gasteiger partial charge in [-0.3, -0.25) is 9.59 Å². The molecule has 104 valence electrons. The van der Waals surface area contributed by atoms with Gasteiger partial charge in [0, 0.05) is 19.9 Å². The molecule has 0 spiro atoms. The number of anilines is 2. The van der Waals surface area contributed by atoms with E-state index in [1.54, 1.807) is 0 Å². The SMILES string of the molecule is CC(=O)N(C(C)=O)c1nnc(NC2CCCCC2)s1. The van der Waals surface area contributed by atoms with E-state index in [-0.39, 0.29) is 11.8 Å². The second-order valence-electron chi connectivity index (χ2n) is 4.74. The Morgan fingerprint density at radius 1 is 1.16 bits per heavy atom. The summed E-state index contributed by atoms with van der Waals surface area (Å²) in [5.74, 6) is -0.680. The number of amides is 2. The second-order valence-corrected chi connectivity index (χ2v) is 5.70. The van der Waals surface area contributed by atoms with Gasteiger partial charge >= 0.3 is 0 Å². The van der Waals surface area contributed by atoms with Crippen molar-refractivity contribution < 1.29 is 9.59 Å². The quantitative estimate of drug-likeness (QED) is 0.919. The first-order valence-corrected chi connectivity index (χ1v) is 7.31. The summed E-state index contributed by atoms with van der Waals surface area (Å²) >= 11 is 1.24. The van der Waals surface area contributed by atoms with Crippen LogP contribution in [0, 0.1) is 0 Å². The van der Waals surface area contributed by atoms with Crippen LogP contribution in [0.4, 0.5) is 10.3 Å². The van der Waals surface area contributed by atoms with Crippen molar-refractivity contribution >= 4 is 33.4 Å². The minimum Gasteiger partial charge on any atom is -0.357 e. The molecule has 0 unspecified atom stereocenters. The molecule has 1 aliphatic rings. The summed E-state index contributed by atoms with van der Waals surface area (Å²) in [5, 5.41) is 12.3. The fraction of sp³-hybridized carbons (Fsp3) is 0.667. The van der Waals surface area contributed by atoms with Crippen LogP contribution in [0.15, 0.2) is 0 Å². The Kier molecular flexibility index (Phi) is 4.47. The number of nitrogens with one attached hydrogen (secondary N) is 1. The van der Waals surface area contributed by atoms with Gasteiger partial charge in [-0.05, 0) is 12.8 Å². The average molecular weight is 282 g/mol. The van der Waals surface area contributed by atoms with Crippen LogP contribution in [-0.4, -0.2) is 28.1 Å². The van der Waals surface area contributed by atoms with Crippen molar-refractivity contribution in [1.29, 1.82) is 0 Å². The highest BCUT2D eigenvalue weighted by Crippen LogP contribution is 2.27. The number of imide groups is 1. The van der Waals surface area contributed by atoms with Crippen LogP contribution in [0.25, 0.3) is 0 Å². The van der Waals surface area contributed by atoms with Crippen LogP contribution in [-0.2, 0) is 9.59 Å². The highest BCUT2D eigenvalue weighted by molar-refractivity contribution is 7.19. The number of carbonyl (C=O) groups is 2. The zero-order valence-electron chi connectivity index (χ0n) is 11.2. The van der Waals surface area contributed by atoms with Gasteiger partial charge in [-0.1, -0.05) is 30.6 Å². The molecule has 0 saturated heterocycles. The van der Waals surface area contributed by atoms with Gasteiger partial charge in [-0.15, -0.1) is 10.2 Å². The molecule has 0 aromatic carbocycles. The maximum atomic E-state index is 11.4. The molecule has 19 heavy (non-hydrogen) atoms. The third-order valence-electron chi connectivity index (χ3n) is 3.17. The number of rotatable bonds is 3. The van der Waals surface area contributed by atoms with E-state index in [0.717, 1.165) is 17.7 Å². The molecule has 0 atom stereocenters. The standard InChI is InChI=1S/C12H18N4O2S/c1-8(17)16(9(2)18)12-15-14-11(19-12)13-10-6-4-3-5-7-10/h10H,3-7H2,1-2H3,(H,13,14). The molecule has 0 bridgehead atoms. The van der Waals surface area contributed by atoms with E-state index >= 15 is 0 Å². The Hall–Kier alpha value is -1.50. The Morgan fingerprint density at radius 3 is 2.37 bits per heavy atom. The lowest BCUT2D eigenvalue weighted by Crippen LogP contribution is -2.32. The highest BCUT2D eigenvalue weighted by atomic mass is 32.1. The summed E-state index contributed by atoms with van der Waals surface area (Å²) in [6, 6.07) is 0.428. The highest BCUT2D eigenvalue weighted by Gasteiger charge is 2.22. The topological polar surface area (TPSA) is 75.2 Å². The van der Waals surface area contributed by atoms with Gasteiger partial charge in [0.2, 0.25) is 22.1 Å². The smallest absolute Gasteiger partial charge is 0.232 e. The zero-order valence-corrected chi connectivity index (χ0v) is 12.0. The van der Waals surface area contributed by atoms with Gasteiger partial charge in [0.25, 0.3) is 0 Å². The molecule has 0 aliphatic heterocycles. The van der Waals surface area contributed by atoms with Crippen molar-refractivity contribution in [3.8, 4) is 0 Å². The Balaban J connectivity index is 2.05. The molecule has 1 fully saturated rings. The number of carbonyl (C=O) groups excluding carboxylic acids is 2. The molecular formula is C12H18N4O2S. The predicted molar refractivity (Wildman–Crippen MR) is 74.2 cm³/mol. The summed E-state index contributed by atoms with van der Waals surface area (Å²) in [6.07, 6.45) is 6.03. The molecule has 0 radical (unpaired) electrons. The monoisotopic (exact) mass is 282 g/mol. The Labute approximate surface area is 116 Å². The first-order chi connectivity index (χ1) is 9.08. The van der Waals surface area contributed by atoms with E-state index in [4.69, 9.17) is 0 Å². The van der Waals surface area contributed by atoms with Gasteiger partial charge in [-0.25, -0.2) is 4.90 Å². The summed E-state index contributed by atoms with van der Waals surface area (Å²) in [6.45, 7) is 2.69. The normalized spacial score (nSPS) is 16.1. The van der Waals surface area contributed by atoms with E-state index < -0.39 is 0 Å². The second kappa shape index (κ2) is 6.10. The Bertz CT molecular complexity index is 454. The van der Waals surface area contributed by atoms with Crippen molar-refractivity contribution in [2.75, 3.05) is 10.2 Å². The van der Waals surface area contributed by atoms with Crippen LogP contribution in [0.1, 0.15) is 46.0 Å². The van der Waals surface area contributed by atoms with Crippen LogP contribution in [0.5, 0.6) is 0 Å². The van der Waals surface area contributed by atoms with Crippen LogP contribution in [0.3, 0.4) is 0 Å². The lowest BCUT2D eigenvalue weighted by atomic mass is 9.96. The molecule has 1 aromatic heterocycles. The van der Waals surface area contributed by atoms with Crippen LogP contribution >= 0.6 is 11.3 Å². The predicted octanol–water partition coefficient (Wildman–Crippen LogP) is 2.18. The molecule has 1 aromatic rings. The molecule has 6 nitrogen and oxygen atoms in total. The van der Waals surface area contributed by atoms with Crippen molar-refractivity contribution in [3.63, 3.8) is 0 Å². The summed E-state index contributed by atoms with van der Waals surface area (Å²) in [5.41, 5.74) is 0. The van der Waals surface area contributed by atoms with Gasteiger partial charge in [0.05, 0.1) is 0 Å². The maximum absolute atomic E-state index is 11.4.